The van der Waals surface area contributed by atoms with Crippen LogP contribution in [0.5, 0.6) is 0 Å². The third kappa shape index (κ3) is 5.13. The Morgan fingerprint density at radius 1 is 1.13 bits per heavy atom. The van der Waals surface area contributed by atoms with Crippen LogP contribution in [0.3, 0.4) is 0 Å². The third-order valence-corrected chi connectivity index (χ3v) is 7.99. The lowest BCUT2D eigenvalue weighted by atomic mass is 9.96. The number of rotatable bonds is 7. The second-order valence-corrected chi connectivity index (χ2v) is 10.5. The SMILES string of the molecule is CCOC(=O)C1=C(C)N=c2s/c(=C\c3ccc(-c4ccc(C(=O)O)cc4)o3)c(=O)n2[C@@H]1c1ccc(SC)cc1. The molecule has 0 aliphatic carbocycles. The van der Waals surface area contributed by atoms with Crippen molar-refractivity contribution in [3.8, 4) is 11.3 Å². The highest BCUT2D eigenvalue weighted by Gasteiger charge is 2.33. The van der Waals surface area contributed by atoms with E-state index in [0.29, 0.717) is 37.7 Å². The molecule has 4 aromatic rings. The molecule has 0 unspecified atom stereocenters. The molecule has 0 radical (unpaired) electrons. The average Bonchev–Trinajstić information content (AvgIpc) is 3.52. The van der Waals surface area contributed by atoms with Crippen LogP contribution in [0.25, 0.3) is 17.4 Å². The molecular formula is C29H24N2O6S2. The van der Waals surface area contributed by atoms with Gasteiger partial charge < -0.3 is 14.3 Å². The summed E-state index contributed by atoms with van der Waals surface area (Å²) in [5.41, 5.74) is 2.22. The molecule has 1 aliphatic heterocycles. The summed E-state index contributed by atoms with van der Waals surface area (Å²) in [6, 6.07) is 16.9. The molecule has 0 saturated heterocycles. The molecule has 0 amide bonds. The number of benzene rings is 2. The second-order valence-electron chi connectivity index (χ2n) is 8.66. The number of thioether (sulfide) groups is 1. The van der Waals surface area contributed by atoms with Gasteiger partial charge in [-0.15, -0.1) is 11.8 Å². The lowest BCUT2D eigenvalue weighted by Crippen LogP contribution is -2.39. The topological polar surface area (TPSA) is 111 Å². The van der Waals surface area contributed by atoms with Gasteiger partial charge in [-0.1, -0.05) is 35.6 Å². The van der Waals surface area contributed by atoms with E-state index in [0.717, 1.165) is 10.5 Å². The molecule has 2 aromatic carbocycles. The van der Waals surface area contributed by atoms with Gasteiger partial charge in [-0.05, 0) is 62.1 Å². The van der Waals surface area contributed by atoms with Crippen molar-refractivity contribution in [2.24, 2.45) is 4.99 Å². The van der Waals surface area contributed by atoms with E-state index in [4.69, 9.17) is 14.3 Å². The zero-order chi connectivity index (χ0) is 27.7. The maximum absolute atomic E-state index is 13.7. The number of carboxylic acids is 1. The van der Waals surface area contributed by atoms with E-state index in [2.05, 4.69) is 4.99 Å². The van der Waals surface area contributed by atoms with Gasteiger partial charge in [-0.2, -0.15) is 0 Å². The first-order chi connectivity index (χ1) is 18.8. The van der Waals surface area contributed by atoms with Crippen molar-refractivity contribution < 1.29 is 23.8 Å². The van der Waals surface area contributed by atoms with Crippen LogP contribution in [0.1, 0.15) is 41.6 Å². The summed E-state index contributed by atoms with van der Waals surface area (Å²) in [4.78, 5) is 44.0. The Bertz CT molecular complexity index is 1780. The first-order valence-electron chi connectivity index (χ1n) is 12.1. The molecule has 5 rings (SSSR count). The van der Waals surface area contributed by atoms with E-state index in [9.17, 15) is 14.4 Å². The van der Waals surface area contributed by atoms with Gasteiger partial charge in [0.25, 0.3) is 5.56 Å². The van der Waals surface area contributed by atoms with Crippen molar-refractivity contribution in [2.75, 3.05) is 12.9 Å². The molecule has 8 nitrogen and oxygen atoms in total. The highest BCUT2D eigenvalue weighted by Crippen LogP contribution is 2.31. The number of furan rings is 1. The summed E-state index contributed by atoms with van der Waals surface area (Å²) in [6.07, 6.45) is 3.63. The zero-order valence-corrected chi connectivity index (χ0v) is 23.0. The third-order valence-electron chi connectivity index (χ3n) is 6.27. The summed E-state index contributed by atoms with van der Waals surface area (Å²) in [5.74, 6) is -0.508. The Hall–Kier alpha value is -4.15. The number of fused-ring (bicyclic) bond motifs is 1. The number of thiazole rings is 1. The fourth-order valence-corrected chi connectivity index (χ4v) is 5.82. The average molecular weight is 561 g/mol. The first kappa shape index (κ1) is 26.5. The van der Waals surface area contributed by atoms with Gasteiger partial charge in [0.15, 0.2) is 4.80 Å². The summed E-state index contributed by atoms with van der Waals surface area (Å²) in [7, 11) is 0. The van der Waals surface area contributed by atoms with Crippen molar-refractivity contribution in [2.45, 2.75) is 24.8 Å². The number of hydrogen-bond donors (Lipinski definition) is 1. The number of allylic oxidation sites excluding steroid dienone is 1. The minimum absolute atomic E-state index is 0.182. The number of aromatic nitrogens is 1. The molecule has 198 valence electrons. The van der Waals surface area contributed by atoms with Crippen LogP contribution in [0.15, 0.2) is 91.0 Å². The Balaban J connectivity index is 1.59. The van der Waals surface area contributed by atoms with Gasteiger partial charge in [0.2, 0.25) is 0 Å². The van der Waals surface area contributed by atoms with E-state index in [-0.39, 0.29) is 17.7 Å². The summed E-state index contributed by atoms with van der Waals surface area (Å²) in [6.45, 7) is 3.70. The number of hydrogen-bond acceptors (Lipinski definition) is 8. The molecule has 0 bridgehead atoms. The van der Waals surface area contributed by atoms with E-state index in [1.807, 2.05) is 30.5 Å². The fraction of sp³-hybridized carbons (Fsp3) is 0.172. The number of carbonyl (C=O) groups is 2. The lowest BCUT2D eigenvalue weighted by molar-refractivity contribution is -0.139. The maximum atomic E-state index is 13.7. The van der Waals surface area contributed by atoms with Crippen molar-refractivity contribution in [3.63, 3.8) is 0 Å². The van der Waals surface area contributed by atoms with Crippen LogP contribution in [0, 0.1) is 0 Å². The fourth-order valence-electron chi connectivity index (χ4n) is 4.38. The van der Waals surface area contributed by atoms with E-state index in [1.54, 1.807) is 60.5 Å². The number of nitrogens with zero attached hydrogens (tertiary/aromatic N) is 2. The number of ether oxygens (including phenoxy) is 1. The molecular weight excluding hydrogens is 536 g/mol. The number of esters is 1. The molecule has 2 aromatic heterocycles. The summed E-state index contributed by atoms with van der Waals surface area (Å²) < 4.78 is 13.2. The van der Waals surface area contributed by atoms with Gasteiger partial charge in [0, 0.05) is 16.5 Å². The van der Waals surface area contributed by atoms with Gasteiger partial charge in [-0.25, -0.2) is 14.6 Å². The molecule has 0 fully saturated rings. The number of carboxylic acid groups (broad SMARTS) is 1. The Kier molecular flexibility index (Phi) is 7.40. The van der Waals surface area contributed by atoms with Crippen LogP contribution < -0.4 is 14.9 Å². The van der Waals surface area contributed by atoms with E-state index in [1.165, 1.54) is 23.5 Å². The Morgan fingerprint density at radius 2 is 1.85 bits per heavy atom. The zero-order valence-electron chi connectivity index (χ0n) is 21.3. The van der Waals surface area contributed by atoms with Crippen molar-refractivity contribution in [1.82, 2.24) is 4.57 Å². The standard InChI is InChI=1S/C29H24N2O6S2/c1-4-36-28(35)24-16(2)30-29-31(25(24)18-9-12-21(38-3)13-10-18)26(32)23(39-29)15-20-11-14-22(37-20)17-5-7-19(8-6-17)27(33)34/h5-15,25H,4H2,1-3H3,(H,33,34)/b23-15-/t25-/m1/s1. The van der Waals surface area contributed by atoms with Crippen molar-refractivity contribution in [3.05, 3.63) is 109 Å². The lowest BCUT2D eigenvalue weighted by Gasteiger charge is -2.24. The van der Waals surface area contributed by atoms with Crippen LogP contribution in [0.4, 0.5) is 0 Å². The minimum Gasteiger partial charge on any atom is -0.478 e. The highest BCUT2D eigenvalue weighted by molar-refractivity contribution is 7.98. The van der Waals surface area contributed by atoms with Crippen LogP contribution >= 0.6 is 23.1 Å². The minimum atomic E-state index is -1.00. The predicted molar refractivity (Wildman–Crippen MR) is 150 cm³/mol. The monoisotopic (exact) mass is 560 g/mol. The molecule has 39 heavy (non-hydrogen) atoms. The maximum Gasteiger partial charge on any atom is 0.338 e. The smallest absolute Gasteiger partial charge is 0.338 e. The second kappa shape index (κ2) is 10.9. The van der Waals surface area contributed by atoms with Crippen LogP contribution in [0.2, 0.25) is 0 Å². The number of aromatic carboxylic acids is 1. The van der Waals surface area contributed by atoms with Gasteiger partial charge in [0.05, 0.1) is 34.0 Å². The molecule has 1 aliphatic rings. The molecule has 10 heteroatoms. The first-order valence-corrected chi connectivity index (χ1v) is 14.1. The Labute approximate surface area is 231 Å². The molecule has 0 spiro atoms. The quantitative estimate of drug-likeness (QED) is 0.262. The van der Waals surface area contributed by atoms with E-state index >= 15 is 0 Å². The van der Waals surface area contributed by atoms with Crippen LogP contribution in [-0.4, -0.2) is 34.5 Å². The van der Waals surface area contributed by atoms with Gasteiger partial charge in [-0.3, -0.25) is 9.36 Å². The summed E-state index contributed by atoms with van der Waals surface area (Å²) in [5, 5.41) is 9.12. The molecule has 3 heterocycles. The highest BCUT2D eigenvalue weighted by atomic mass is 32.2. The van der Waals surface area contributed by atoms with E-state index < -0.39 is 18.0 Å². The molecule has 1 atom stereocenters. The van der Waals surface area contributed by atoms with Gasteiger partial charge in [0.1, 0.15) is 11.5 Å². The van der Waals surface area contributed by atoms with Crippen LogP contribution in [-0.2, 0) is 9.53 Å². The van der Waals surface area contributed by atoms with Crippen molar-refractivity contribution >= 4 is 41.1 Å². The normalized spacial score (nSPS) is 15.2. The number of carbonyl (C=O) groups excluding carboxylic acids is 1. The largest absolute Gasteiger partial charge is 0.478 e. The summed E-state index contributed by atoms with van der Waals surface area (Å²) >= 11 is 2.82. The molecule has 1 N–H and O–H groups in total. The van der Waals surface area contributed by atoms with Crippen molar-refractivity contribution in [1.29, 1.82) is 0 Å². The molecule has 0 saturated carbocycles. The Morgan fingerprint density at radius 3 is 2.49 bits per heavy atom. The predicted octanol–water partition coefficient (Wildman–Crippen LogP) is 4.48. The van der Waals surface area contributed by atoms with Gasteiger partial charge >= 0.3 is 11.9 Å².